The van der Waals surface area contributed by atoms with Gasteiger partial charge in [-0.15, -0.1) is 0 Å². The van der Waals surface area contributed by atoms with Gasteiger partial charge in [-0.1, -0.05) is 110 Å². The van der Waals surface area contributed by atoms with Crippen molar-refractivity contribution in [3.8, 4) is 0 Å². The van der Waals surface area contributed by atoms with E-state index in [0.717, 1.165) is 6.61 Å². The molecule has 1 atom stereocenters. The molecular weight excluding hydrogens is 396 g/mol. The summed E-state index contributed by atoms with van der Waals surface area (Å²) in [6, 6.07) is 0. The number of hydrogen-bond donors (Lipinski definition) is 0. The van der Waals surface area contributed by atoms with Gasteiger partial charge in [0, 0.05) is 11.4 Å². The van der Waals surface area contributed by atoms with Crippen LogP contribution in [0.3, 0.4) is 0 Å². The maximum absolute atomic E-state index is 5.84. The number of hydrogen-bond acceptors (Lipinski definition) is 2. The van der Waals surface area contributed by atoms with Gasteiger partial charge >= 0.3 is 0 Å². The molecule has 184 valence electrons. The van der Waals surface area contributed by atoms with Crippen molar-refractivity contribution in [1.29, 1.82) is 0 Å². The van der Waals surface area contributed by atoms with Crippen LogP contribution in [0.25, 0.3) is 0 Å². The van der Waals surface area contributed by atoms with Gasteiger partial charge in [0.15, 0.2) is 0 Å². The molecule has 0 bridgehead atoms. The largest absolute Gasteiger partial charge is 0.378 e. The van der Waals surface area contributed by atoms with Gasteiger partial charge in [-0.05, 0) is 57.1 Å². The van der Waals surface area contributed by atoms with Crippen molar-refractivity contribution >= 4 is 11.8 Å². The summed E-state index contributed by atoms with van der Waals surface area (Å²) in [4.78, 5) is 0. The third-order valence-corrected chi connectivity index (χ3v) is 9.57. The molecule has 0 radical (unpaired) electrons. The first-order chi connectivity index (χ1) is 15.3. The van der Waals surface area contributed by atoms with E-state index in [0.29, 0.717) is 10.9 Å². The fourth-order valence-electron chi connectivity index (χ4n) is 5.75. The van der Waals surface area contributed by atoms with Gasteiger partial charge in [-0.3, -0.25) is 0 Å². The van der Waals surface area contributed by atoms with Crippen LogP contribution in [-0.2, 0) is 4.74 Å². The highest BCUT2D eigenvalue weighted by molar-refractivity contribution is 8.00. The minimum Gasteiger partial charge on any atom is -0.378 e. The molecule has 1 heterocycles. The molecule has 0 N–H and O–H groups in total. The van der Waals surface area contributed by atoms with Crippen LogP contribution in [0.2, 0.25) is 0 Å². The van der Waals surface area contributed by atoms with Gasteiger partial charge < -0.3 is 4.74 Å². The SMILES string of the molecule is CCCCCCC1(SCCCCCCCCCCCCCC2CCCCO2)CCCC1. The Hall–Kier alpha value is 0.310. The van der Waals surface area contributed by atoms with Crippen LogP contribution in [0.4, 0.5) is 0 Å². The maximum Gasteiger partial charge on any atom is 0.0575 e. The first kappa shape index (κ1) is 27.6. The minimum atomic E-state index is 0.599. The zero-order valence-corrected chi connectivity index (χ0v) is 22.1. The third-order valence-electron chi connectivity index (χ3n) is 7.85. The van der Waals surface area contributed by atoms with E-state index < -0.39 is 0 Å². The predicted molar refractivity (Wildman–Crippen MR) is 141 cm³/mol. The lowest BCUT2D eigenvalue weighted by molar-refractivity contribution is 0.00977. The number of ether oxygens (including phenoxy) is 1. The molecule has 1 unspecified atom stereocenters. The summed E-state index contributed by atoms with van der Waals surface area (Å²) >= 11 is 2.37. The van der Waals surface area contributed by atoms with Gasteiger partial charge in [-0.25, -0.2) is 0 Å². The van der Waals surface area contributed by atoms with Crippen LogP contribution in [0.15, 0.2) is 0 Å². The van der Waals surface area contributed by atoms with E-state index in [2.05, 4.69) is 18.7 Å². The van der Waals surface area contributed by atoms with Crippen LogP contribution >= 0.6 is 11.8 Å². The van der Waals surface area contributed by atoms with Gasteiger partial charge in [0.25, 0.3) is 0 Å². The number of rotatable bonds is 20. The fraction of sp³-hybridized carbons (Fsp3) is 1.00. The molecule has 2 heteroatoms. The molecule has 0 aromatic carbocycles. The summed E-state index contributed by atoms with van der Waals surface area (Å²) in [5.41, 5.74) is 0. The summed E-state index contributed by atoms with van der Waals surface area (Å²) in [6.45, 7) is 3.35. The summed E-state index contributed by atoms with van der Waals surface area (Å²) < 4.78 is 6.53. The number of unbranched alkanes of at least 4 members (excludes halogenated alkanes) is 13. The molecular formula is C29H56OS. The standard InChI is InChI=1S/C29H56OS/c1-2-3-4-16-23-29(24-17-18-25-29)31-27-20-13-11-9-7-5-6-8-10-12-14-21-28-22-15-19-26-30-28/h28H,2-27H2,1H3. The number of thioether (sulfide) groups is 1. The molecule has 0 spiro atoms. The van der Waals surface area contributed by atoms with Crippen LogP contribution in [0, 0.1) is 0 Å². The van der Waals surface area contributed by atoms with Crippen molar-refractivity contribution in [1.82, 2.24) is 0 Å². The predicted octanol–water partition coefficient (Wildman–Crippen LogP) is 10.3. The maximum atomic E-state index is 5.84. The Balaban J connectivity index is 1.31. The summed E-state index contributed by atoms with van der Waals surface area (Å²) in [6.07, 6.45) is 35.2. The van der Waals surface area contributed by atoms with Crippen molar-refractivity contribution in [3.63, 3.8) is 0 Å². The first-order valence-electron chi connectivity index (χ1n) is 14.6. The molecule has 1 aliphatic heterocycles. The molecule has 0 amide bonds. The second kappa shape index (κ2) is 18.7. The lowest BCUT2D eigenvalue weighted by atomic mass is 9.98. The second-order valence-corrected chi connectivity index (χ2v) is 12.3. The Morgan fingerprint density at radius 2 is 1.29 bits per heavy atom. The van der Waals surface area contributed by atoms with Gasteiger partial charge in [0.2, 0.25) is 0 Å². The van der Waals surface area contributed by atoms with E-state index in [-0.39, 0.29) is 0 Å². The lowest BCUT2D eigenvalue weighted by Gasteiger charge is -2.28. The quantitative estimate of drug-likeness (QED) is 0.170. The highest BCUT2D eigenvalue weighted by Crippen LogP contribution is 2.45. The molecule has 2 aliphatic rings. The molecule has 2 fully saturated rings. The van der Waals surface area contributed by atoms with Crippen molar-refractivity contribution in [2.24, 2.45) is 0 Å². The zero-order valence-electron chi connectivity index (χ0n) is 21.3. The fourth-order valence-corrected chi connectivity index (χ4v) is 7.40. The third kappa shape index (κ3) is 13.6. The van der Waals surface area contributed by atoms with E-state index in [1.165, 1.54) is 160 Å². The Morgan fingerprint density at radius 3 is 1.90 bits per heavy atom. The average molecular weight is 453 g/mol. The van der Waals surface area contributed by atoms with Crippen molar-refractivity contribution in [2.75, 3.05) is 12.4 Å². The van der Waals surface area contributed by atoms with Crippen LogP contribution in [0.5, 0.6) is 0 Å². The molecule has 31 heavy (non-hydrogen) atoms. The summed E-state index contributed by atoms with van der Waals surface area (Å²) in [5, 5.41) is 0. The molecule has 1 saturated heterocycles. The highest BCUT2D eigenvalue weighted by Gasteiger charge is 2.33. The summed E-state index contributed by atoms with van der Waals surface area (Å²) in [7, 11) is 0. The molecule has 2 rings (SSSR count). The molecule has 0 aromatic rings. The lowest BCUT2D eigenvalue weighted by Crippen LogP contribution is -2.20. The second-order valence-electron chi connectivity index (χ2n) is 10.7. The molecule has 1 saturated carbocycles. The first-order valence-corrected chi connectivity index (χ1v) is 15.6. The molecule has 0 aromatic heterocycles. The topological polar surface area (TPSA) is 9.23 Å². The minimum absolute atomic E-state index is 0.599. The van der Waals surface area contributed by atoms with Crippen molar-refractivity contribution in [2.45, 2.75) is 172 Å². The van der Waals surface area contributed by atoms with Gasteiger partial charge in [0.1, 0.15) is 0 Å². The normalized spacial score (nSPS) is 21.0. The Morgan fingerprint density at radius 1 is 0.677 bits per heavy atom. The van der Waals surface area contributed by atoms with Crippen LogP contribution < -0.4 is 0 Å². The van der Waals surface area contributed by atoms with Gasteiger partial charge in [0.05, 0.1) is 6.10 Å². The van der Waals surface area contributed by atoms with E-state index in [1.54, 1.807) is 0 Å². The van der Waals surface area contributed by atoms with E-state index in [4.69, 9.17) is 4.74 Å². The molecule has 1 nitrogen and oxygen atoms in total. The smallest absolute Gasteiger partial charge is 0.0575 e. The van der Waals surface area contributed by atoms with Crippen molar-refractivity contribution in [3.05, 3.63) is 0 Å². The van der Waals surface area contributed by atoms with Crippen LogP contribution in [-0.4, -0.2) is 23.2 Å². The Bertz CT molecular complexity index is 384. The average Bonchev–Trinajstić information content (AvgIpc) is 3.26. The van der Waals surface area contributed by atoms with Crippen LogP contribution in [0.1, 0.15) is 161 Å². The highest BCUT2D eigenvalue weighted by atomic mass is 32.2. The van der Waals surface area contributed by atoms with E-state index in [9.17, 15) is 0 Å². The van der Waals surface area contributed by atoms with Crippen molar-refractivity contribution < 1.29 is 4.74 Å². The zero-order chi connectivity index (χ0) is 21.9. The van der Waals surface area contributed by atoms with E-state index in [1.807, 2.05) is 0 Å². The summed E-state index contributed by atoms with van der Waals surface area (Å²) in [5.74, 6) is 1.43. The Labute approximate surface area is 200 Å². The van der Waals surface area contributed by atoms with E-state index >= 15 is 0 Å². The molecule has 1 aliphatic carbocycles. The Kier molecular flexibility index (Phi) is 16.6. The van der Waals surface area contributed by atoms with Gasteiger partial charge in [-0.2, -0.15) is 11.8 Å². The monoisotopic (exact) mass is 452 g/mol.